The number of nitrogens with zero attached hydrogens (tertiary/aromatic N) is 2. The number of hydrogen-bond donors (Lipinski definition) is 0. The number of imidazole rings is 1. The van der Waals surface area contributed by atoms with Crippen LogP contribution in [-0.4, -0.2) is 9.38 Å². The molecule has 19 heavy (non-hydrogen) atoms. The molecular formula is C15H13BrN2O. The summed E-state index contributed by atoms with van der Waals surface area (Å²) < 4.78 is 8.75. The minimum atomic E-state index is 0.567. The van der Waals surface area contributed by atoms with Crippen molar-refractivity contribution in [1.29, 1.82) is 0 Å². The van der Waals surface area contributed by atoms with Gasteiger partial charge in [-0.25, -0.2) is 4.98 Å². The molecule has 96 valence electrons. The molecule has 0 bridgehead atoms. The average Bonchev–Trinajstić information content (AvgIpc) is 2.73. The third kappa shape index (κ3) is 2.49. The first-order chi connectivity index (χ1) is 9.24. The van der Waals surface area contributed by atoms with Gasteiger partial charge in [-0.15, -0.1) is 0 Å². The van der Waals surface area contributed by atoms with Crippen molar-refractivity contribution in [2.24, 2.45) is 0 Å². The zero-order chi connectivity index (χ0) is 13.2. The molecule has 0 unspecified atom stereocenters. The molecule has 0 aliphatic rings. The molecule has 0 aliphatic carbocycles. The minimum Gasteiger partial charge on any atom is -0.489 e. The van der Waals surface area contributed by atoms with Gasteiger partial charge >= 0.3 is 0 Å². The maximum atomic E-state index is 5.78. The molecule has 3 nitrogen and oxygen atoms in total. The molecular weight excluding hydrogens is 304 g/mol. The first-order valence-corrected chi connectivity index (χ1v) is 6.84. The van der Waals surface area contributed by atoms with Gasteiger partial charge in [-0.1, -0.05) is 30.3 Å². The quantitative estimate of drug-likeness (QED) is 0.730. The summed E-state index contributed by atoms with van der Waals surface area (Å²) in [5, 5.41) is 0. The summed E-state index contributed by atoms with van der Waals surface area (Å²) in [5.41, 5.74) is 3.01. The fourth-order valence-electron chi connectivity index (χ4n) is 1.94. The van der Waals surface area contributed by atoms with Crippen molar-refractivity contribution < 1.29 is 4.74 Å². The van der Waals surface area contributed by atoms with Gasteiger partial charge in [-0.2, -0.15) is 0 Å². The van der Waals surface area contributed by atoms with Gasteiger partial charge in [0, 0.05) is 12.3 Å². The number of aromatic nitrogens is 2. The van der Waals surface area contributed by atoms with Crippen LogP contribution in [0, 0.1) is 6.92 Å². The highest BCUT2D eigenvalue weighted by molar-refractivity contribution is 9.10. The van der Waals surface area contributed by atoms with E-state index in [2.05, 4.69) is 33.0 Å². The minimum absolute atomic E-state index is 0.567. The Kier molecular flexibility index (Phi) is 3.25. The lowest BCUT2D eigenvalue weighted by Crippen LogP contribution is -1.95. The fraction of sp³-hybridized carbons (Fsp3) is 0.133. The van der Waals surface area contributed by atoms with Crippen molar-refractivity contribution in [1.82, 2.24) is 9.38 Å². The van der Waals surface area contributed by atoms with Crippen molar-refractivity contribution in [2.75, 3.05) is 0 Å². The Morgan fingerprint density at radius 3 is 2.79 bits per heavy atom. The summed E-state index contributed by atoms with van der Waals surface area (Å²) in [6.45, 7) is 2.54. The van der Waals surface area contributed by atoms with E-state index >= 15 is 0 Å². The third-order valence-corrected chi connectivity index (χ3v) is 3.90. The van der Waals surface area contributed by atoms with E-state index in [0.717, 1.165) is 27.3 Å². The van der Waals surface area contributed by atoms with Crippen LogP contribution in [0.5, 0.6) is 5.75 Å². The predicted molar refractivity (Wildman–Crippen MR) is 78.4 cm³/mol. The van der Waals surface area contributed by atoms with Gasteiger partial charge in [0.1, 0.15) is 22.6 Å². The van der Waals surface area contributed by atoms with Crippen LogP contribution < -0.4 is 4.74 Å². The normalized spacial score (nSPS) is 10.8. The molecule has 0 saturated heterocycles. The van der Waals surface area contributed by atoms with Gasteiger partial charge in [0.05, 0.1) is 5.69 Å². The molecule has 4 heteroatoms. The molecule has 0 N–H and O–H groups in total. The van der Waals surface area contributed by atoms with Crippen LogP contribution in [0.4, 0.5) is 0 Å². The van der Waals surface area contributed by atoms with Crippen LogP contribution in [0.2, 0.25) is 0 Å². The number of hydrogen-bond acceptors (Lipinski definition) is 2. The van der Waals surface area contributed by atoms with E-state index in [1.54, 1.807) is 0 Å². The average molecular weight is 317 g/mol. The highest BCUT2D eigenvalue weighted by Crippen LogP contribution is 2.22. The van der Waals surface area contributed by atoms with Gasteiger partial charge in [0.25, 0.3) is 0 Å². The number of aryl methyl sites for hydroxylation is 1. The molecule has 2 heterocycles. The summed E-state index contributed by atoms with van der Waals surface area (Å²) in [6, 6.07) is 14.0. The van der Waals surface area contributed by atoms with Crippen molar-refractivity contribution in [3.05, 3.63) is 64.5 Å². The Labute approximate surface area is 120 Å². The summed E-state index contributed by atoms with van der Waals surface area (Å²) >= 11 is 3.51. The first-order valence-electron chi connectivity index (χ1n) is 6.05. The molecule has 0 fully saturated rings. The molecule has 0 atom stereocenters. The van der Waals surface area contributed by atoms with E-state index < -0.39 is 0 Å². The lowest BCUT2D eigenvalue weighted by molar-refractivity contribution is 0.306. The van der Waals surface area contributed by atoms with E-state index in [9.17, 15) is 0 Å². The maximum Gasteiger partial charge on any atom is 0.141 e. The highest BCUT2D eigenvalue weighted by atomic mass is 79.9. The second-order valence-corrected chi connectivity index (χ2v) is 5.10. The molecule has 0 aliphatic heterocycles. The Morgan fingerprint density at radius 2 is 2.00 bits per heavy atom. The Balaban J connectivity index is 1.82. The van der Waals surface area contributed by atoms with Crippen LogP contribution >= 0.6 is 15.9 Å². The van der Waals surface area contributed by atoms with Crippen LogP contribution in [-0.2, 0) is 6.61 Å². The summed E-state index contributed by atoms with van der Waals surface area (Å²) in [6.07, 6.45) is 1.96. The van der Waals surface area contributed by atoms with Crippen molar-refractivity contribution in [2.45, 2.75) is 13.5 Å². The summed E-state index contributed by atoms with van der Waals surface area (Å²) in [7, 11) is 0. The Hall–Kier alpha value is -1.81. The summed E-state index contributed by atoms with van der Waals surface area (Å²) in [5.74, 6) is 0.828. The topological polar surface area (TPSA) is 26.5 Å². The molecule has 0 radical (unpaired) electrons. The van der Waals surface area contributed by atoms with E-state index in [4.69, 9.17) is 4.74 Å². The SMILES string of the molecule is Cc1nc2cc(OCc3ccccc3)ccn2c1Br. The monoisotopic (exact) mass is 316 g/mol. The second-order valence-electron chi connectivity index (χ2n) is 4.35. The molecule has 2 aromatic heterocycles. The van der Waals surface area contributed by atoms with Gasteiger partial charge in [0.2, 0.25) is 0 Å². The van der Waals surface area contributed by atoms with Gasteiger partial charge < -0.3 is 4.74 Å². The molecule has 3 aromatic rings. The molecule has 1 aromatic carbocycles. The van der Waals surface area contributed by atoms with E-state index in [1.807, 2.05) is 47.9 Å². The lowest BCUT2D eigenvalue weighted by atomic mass is 10.2. The second kappa shape index (κ2) is 5.05. The highest BCUT2D eigenvalue weighted by Gasteiger charge is 2.06. The van der Waals surface area contributed by atoms with Crippen molar-refractivity contribution in [3.8, 4) is 5.75 Å². The first kappa shape index (κ1) is 12.2. The lowest BCUT2D eigenvalue weighted by Gasteiger charge is -2.06. The largest absolute Gasteiger partial charge is 0.489 e. The van der Waals surface area contributed by atoms with E-state index in [0.29, 0.717) is 6.61 Å². The third-order valence-electron chi connectivity index (χ3n) is 2.95. The van der Waals surface area contributed by atoms with Crippen LogP contribution in [0.3, 0.4) is 0 Å². The molecule has 3 rings (SSSR count). The zero-order valence-electron chi connectivity index (χ0n) is 10.5. The Bertz CT molecular complexity index is 707. The number of halogens is 1. The van der Waals surface area contributed by atoms with Crippen LogP contribution in [0.25, 0.3) is 5.65 Å². The fourth-order valence-corrected chi connectivity index (χ4v) is 2.33. The van der Waals surface area contributed by atoms with Crippen molar-refractivity contribution in [3.63, 3.8) is 0 Å². The van der Waals surface area contributed by atoms with Gasteiger partial charge in [-0.3, -0.25) is 4.40 Å². The number of fused-ring (bicyclic) bond motifs is 1. The molecule has 0 amide bonds. The Morgan fingerprint density at radius 1 is 1.21 bits per heavy atom. The standard InChI is InChI=1S/C15H13BrN2O/c1-11-15(16)18-8-7-13(9-14(18)17-11)19-10-12-5-3-2-4-6-12/h2-9H,10H2,1H3. The number of ether oxygens (including phenoxy) is 1. The van der Waals surface area contributed by atoms with Gasteiger partial charge in [-0.05, 0) is 34.5 Å². The zero-order valence-corrected chi connectivity index (χ0v) is 12.1. The maximum absolute atomic E-state index is 5.78. The predicted octanol–water partition coefficient (Wildman–Crippen LogP) is 3.98. The van der Waals surface area contributed by atoms with E-state index in [1.165, 1.54) is 0 Å². The molecule has 0 spiro atoms. The number of benzene rings is 1. The number of rotatable bonds is 3. The summed E-state index contributed by atoms with van der Waals surface area (Å²) in [4.78, 5) is 4.46. The number of pyridine rings is 1. The van der Waals surface area contributed by atoms with Crippen molar-refractivity contribution >= 4 is 21.6 Å². The smallest absolute Gasteiger partial charge is 0.141 e. The van der Waals surface area contributed by atoms with E-state index in [-0.39, 0.29) is 0 Å². The van der Waals surface area contributed by atoms with Crippen LogP contribution in [0.1, 0.15) is 11.3 Å². The van der Waals surface area contributed by atoms with Crippen LogP contribution in [0.15, 0.2) is 53.3 Å². The molecule has 0 saturated carbocycles. The van der Waals surface area contributed by atoms with Gasteiger partial charge in [0.15, 0.2) is 0 Å².